The molecule has 0 bridgehead atoms. The highest BCUT2D eigenvalue weighted by molar-refractivity contribution is 5.87. The molecule has 1 aliphatic rings. The molecule has 84 valence electrons. The van der Waals surface area contributed by atoms with Crippen molar-refractivity contribution < 1.29 is 4.79 Å². The Morgan fingerprint density at radius 3 is 2.60 bits per heavy atom. The molecule has 0 aromatic rings. The van der Waals surface area contributed by atoms with Gasteiger partial charge in [0.1, 0.15) is 0 Å². The van der Waals surface area contributed by atoms with Crippen LogP contribution in [0.4, 0.5) is 0 Å². The lowest BCUT2D eigenvalue weighted by atomic mass is 9.66. The number of hydrogen-bond donors (Lipinski definition) is 0. The lowest BCUT2D eigenvalue weighted by Crippen LogP contribution is -2.28. The van der Waals surface area contributed by atoms with Crippen molar-refractivity contribution in [3.63, 3.8) is 0 Å². The van der Waals surface area contributed by atoms with Gasteiger partial charge in [-0.3, -0.25) is 4.79 Å². The van der Waals surface area contributed by atoms with Crippen molar-refractivity contribution in [1.29, 1.82) is 0 Å². The normalized spacial score (nSPS) is 26.1. The van der Waals surface area contributed by atoms with Crippen molar-refractivity contribution in [3.05, 3.63) is 23.3 Å². The van der Waals surface area contributed by atoms with Crippen LogP contribution in [-0.2, 0) is 4.79 Å². The molecule has 0 unspecified atom stereocenters. The monoisotopic (exact) mass is 206 g/mol. The highest BCUT2D eigenvalue weighted by Gasteiger charge is 2.33. The summed E-state index contributed by atoms with van der Waals surface area (Å²) in [7, 11) is 0. The zero-order valence-electron chi connectivity index (χ0n) is 10.6. The van der Waals surface area contributed by atoms with Gasteiger partial charge in [0.15, 0.2) is 5.78 Å². The first-order valence-corrected chi connectivity index (χ1v) is 5.74. The molecule has 0 aromatic carbocycles. The van der Waals surface area contributed by atoms with E-state index in [4.69, 9.17) is 0 Å². The molecule has 0 N–H and O–H groups in total. The van der Waals surface area contributed by atoms with Crippen LogP contribution in [0, 0.1) is 11.3 Å². The summed E-state index contributed by atoms with van der Waals surface area (Å²) in [5, 5.41) is 0. The molecule has 1 atom stereocenters. The Morgan fingerprint density at radius 1 is 1.47 bits per heavy atom. The summed E-state index contributed by atoms with van der Waals surface area (Å²) in [6.45, 7) is 10.6. The highest BCUT2D eigenvalue weighted by Crippen LogP contribution is 2.44. The van der Waals surface area contributed by atoms with E-state index in [-0.39, 0.29) is 11.2 Å². The minimum Gasteiger partial charge on any atom is -0.295 e. The largest absolute Gasteiger partial charge is 0.295 e. The molecule has 0 aromatic heterocycles. The Balaban J connectivity index is 3.05. The van der Waals surface area contributed by atoms with Crippen LogP contribution in [0.5, 0.6) is 0 Å². The molecule has 0 spiro atoms. The van der Waals surface area contributed by atoms with E-state index in [0.29, 0.717) is 5.92 Å². The third-order valence-corrected chi connectivity index (χ3v) is 3.82. The second-order valence-electron chi connectivity index (χ2n) is 5.30. The van der Waals surface area contributed by atoms with Crippen LogP contribution in [0.3, 0.4) is 0 Å². The van der Waals surface area contributed by atoms with Gasteiger partial charge in [0, 0.05) is 0 Å². The van der Waals surface area contributed by atoms with E-state index in [9.17, 15) is 4.79 Å². The molecule has 0 saturated carbocycles. The van der Waals surface area contributed by atoms with Crippen LogP contribution in [0.1, 0.15) is 47.5 Å². The van der Waals surface area contributed by atoms with Gasteiger partial charge in [-0.05, 0) is 49.7 Å². The number of ketones is 1. The fourth-order valence-electron chi connectivity index (χ4n) is 2.30. The molecular formula is C14H22O. The van der Waals surface area contributed by atoms with E-state index >= 15 is 0 Å². The van der Waals surface area contributed by atoms with Crippen molar-refractivity contribution in [2.45, 2.75) is 47.5 Å². The standard InChI is InChI=1S/C14H22O/c1-10-6-7-11(2)14(4,5)13(10)9-8-12(3)15/h8-9,11H,6-7H2,1-5H3/b9-8-/t11-/m0/s1. The van der Waals surface area contributed by atoms with Crippen molar-refractivity contribution >= 4 is 5.78 Å². The summed E-state index contributed by atoms with van der Waals surface area (Å²) in [5.41, 5.74) is 3.00. The van der Waals surface area contributed by atoms with Gasteiger partial charge < -0.3 is 0 Å². The van der Waals surface area contributed by atoms with Crippen LogP contribution in [-0.4, -0.2) is 5.78 Å². The average molecular weight is 206 g/mol. The van der Waals surface area contributed by atoms with Crippen molar-refractivity contribution in [1.82, 2.24) is 0 Å². The van der Waals surface area contributed by atoms with Gasteiger partial charge >= 0.3 is 0 Å². The average Bonchev–Trinajstić information content (AvgIpc) is 2.11. The molecule has 1 rings (SSSR count). The van der Waals surface area contributed by atoms with E-state index in [0.717, 1.165) is 0 Å². The van der Waals surface area contributed by atoms with Crippen LogP contribution >= 0.6 is 0 Å². The van der Waals surface area contributed by atoms with Gasteiger partial charge in [-0.25, -0.2) is 0 Å². The zero-order valence-corrected chi connectivity index (χ0v) is 10.6. The van der Waals surface area contributed by atoms with Crippen LogP contribution in [0.2, 0.25) is 0 Å². The van der Waals surface area contributed by atoms with Crippen molar-refractivity contribution in [3.8, 4) is 0 Å². The van der Waals surface area contributed by atoms with E-state index < -0.39 is 0 Å². The summed E-state index contributed by atoms with van der Waals surface area (Å²) < 4.78 is 0. The molecular weight excluding hydrogens is 184 g/mol. The predicted octanol–water partition coefficient (Wildman–Crippen LogP) is 3.90. The van der Waals surface area contributed by atoms with Gasteiger partial charge in [0.2, 0.25) is 0 Å². The molecule has 0 radical (unpaired) electrons. The predicted molar refractivity (Wildman–Crippen MR) is 64.7 cm³/mol. The first kappa shape index (κ1) is 12.2. The van der Waals surface area contributed by atoms with Crippen molar-refractivity contribution in [2.75, 3.05) is 0 Å². The quantitative estimate of drug-likeness (QED) is 0.626. The molecule has 1 aliphatic carbocycles. The molecule has 15 heavy (non-hydrogen) atoms. The Labute approximate surface area is 93.3 Å². The first-order valence-electron chi connectivity index (χ1n) is 5.74. The summed E-state index contributed by atoms with van der Waals surface area (Å²) >= 11 is 0. The highest BCUT2D eigenvalue weighted by atomic mass is 16.1. The van der Waals surface area contributed by atoms with Crippen LogP contribution in [0.15, 0.2) is 23.3 Å². The topological polar surface area (TPSA) is 17.1 Å². The Kier molecular flexibility index (Phi) is 3.54. The molecule has 0 fully saturated rings. The summed E-state index contributed by atoms with van der Waals surface area (Å²) in [5.74, 6) is 0.817. The summed E-state index contributed by atoms with van der Waals surface area (Å²) in [4.78, 5) is 11.0. The number of allylic oxidation sites excluding steroid dienone is 4. The maximum atomic E-state index is 11.0. The smallest absolute Gasteiger partial charge is 0.152 e. The molecule has 1 heteroatoms. The maximum Gasteiger partial charge on any atom is 0.152 e. The minimum absolute atomic E-state index is 0.129. The van der Waals surface area contributed by atoms with E-state index in [1.807, 2.05) is 6.08 Å². The second-order valence-corrected chi connectivity index (χ2v) is 5.30. The summed E-state index contributed by atoms with van der Waals surface area (Å²) in [6.07, 6.45) is 6.14. The SMILES string of the molecule is CC(=O)/C=C\C1=C(C)CC[C@H](C)C1(C)C. The third kappa shape index (κ3) is 2.58. The molecule has 0 amide bonds. The van der Waals surface area contributed by atoms with Gasteiger partial charge in [-0.1, -0.05) is 32.4 Å². The van der Waals surface area contributed by atoms with E-state index in [1.54, 1.807) is 13.0 Å². The zero-order chi connectivity index (χ0) is 11.6. The van der Waals surface area contributed by atoms with E-state index in [1.165, 1.54) is 24.0 Å². The Morgan fingerprint density at radius 2 is 2.07 bits per heavy atom. The number of carbonyl (C=O) groups excluding carboxylic acids is 1. The molecule has 0 heterocycles. The van der Waals surface area contributed by atoms with Gasteiger partial charge in [-0.2, -0.15) is 0 Å². The number of hydrogen-bond acceptors (Lipinski definition) is 1. The maximum absolute atomic E-state index is 11.0. The Bertz CT molecular complexity index is 318. The lowest BCUT2D eigenvalue weighted by molar-refractivity contribution is -0.112. The Hall–Kier alpha value is -0.850. The van der Waals surface area contributed by atoms with Gasteiger partial charge in [0.05, 0.1) is 0 Å². The van der Waals surface area contributed by atoms with E-state index in [2.05, 4.69) is 27.7 Å². The third-order valence-electron chi connectivity index (χ3n) is 3.82. The fourth-order valence-corrected chi connectivity index (χ4v) is 2.30. The number of rotatable bonds is 2. The first-order chi connectivity index (χ1) is 6.85. The van der Waals surface area contributed by atoms with Crippen LogP contribution in [0.25, 0.3) is 0 Å². The molecule has 0 saturated heterocycles. The molecule has 1 nitrogen and oxygen atoms in total. The number of carbonyl (C=O) groups is 1. The minimum atomic E-state index is 0.129. The van der Waals surface area contributed by atoms with Crippen molar-refractivity contribution in [2.24, 2.45) is 11.3 Å². The second kappa shape index (κ2) is 4.34. The van der Waals surface area contributed by atoms with Gasteiger partial charge in [-0.15, -0.1) is 0 Å². The molecule has 0 aliphatic heterocycles. The fraction of sp³-hybridized carbons (Fsp3) is 0.643. The lowest BCUT2D eigenvalue weighted by Gasteiger charge is -2.39. The summed E-state index contributed by atoms with van der Waals surface area (Å²) in [6, 6.07) is 0. The van der Waals surface area contributed by atoms with Gasteiger partial charge in [0.25, 0.3) is 0 Å². The van der Waals surface area contributed by atoms with Crippen LogP contribution < -0.4 is 0 Å².